The van der Waals surface area contributed by atoms with Crippen LogP contribution in [0.5, 0.6) is 5.75 Å². The third-order valence-electron chi connectivity index (χ3n) is 4.74. The molecule has 2 N–H and O–H groups in total. The number of aromatic nitrogens is 5. The van der Waals surface area contributed by atoms with Crippen LogP contribution < -0.4 is 10.1 Å². The normalized spacial score (nSPS) is 10.9. The van der Waals surface area contributed by atoms with Gasteiger partial charge in [-0.2, -0.15) is 10.1 Å². The molecule has 2 aromatic carbocycles. The van der Waals surface area contributed by atoms with E-state index in [0.717, 1.165) is 39.3 Å². The minimum atomic E-state index is 0.602. The van der Waals surface area contributed by atoms with Crippen molar-refractivity contribution in [2.75, 3.05) is 12.4 Å². The van der Waals surface area contributed by atoms with E-state index < -0.39 is 0 Å². The van der Waals surface area contributed by atoms with Gasteiger partial charge in [0.2, 0.25) is 5.95 Å². The summed E-state index contributed by atoms with van der Waals surface area (Å²) in [5.74, 6) is 2.15. The van der Waals surface area contributed by atoms with Crippen LogP contribution in [0.25, 0.3) is 28.0 Å². The maximum atomic E-state index is 5.30. The number of rotatable bonds is 5. The van der Waals surface area contributed by atoms with Crippen LogP contribution in [0.15, 0.2) is 79.4 Å². The predicted molar refractivity (Wildman–Crippen MR) is 113 cm³/mol. The van der Waals surface area contributed by atoms with Gasteiger partial charge in [-0.3, -0.25) is 9.67 Å². The number of anilines is 2. The Kier molecular flexibility index (Phi) is 4.18. The number of methoxy groups -OCH3 is 1. The van der Waals surface area contributed by atoms with Crippen LogP contribution >= 0.6 is 0 Å². The molecule has 0 saturated carbocycles. The van der Waals surface area contributed by atoms with Gasteiger partial charge in [-0.1, -0.05) is 12.1 Å². The molecule has 0 bridgehead atoms. The van der Waals surface area contributed by atoms with E-state index in [4.69, 9.17) is 4.74 Å². The number of hydrogen-bond acceptors (Lipinski definition) is 5. The molecule has 0 radical (unpaired) electrons. The molecule has 0 fully saturated rings. The van der Waals surface area contributed by atoms with E-state index in [1.165, 1.54) is 0 Å². The highest BCUT2D eigenvalue weighted by atomic mass is 16.5. The number of fused-ring (bicyclic) bond motifs is 1. The van der Waals surface area contributed by atoms with Gasteiger partial charge in [-0.25, -0.2) is 4.98 Å². The molecular formula is C22H18N6O. The first kappa shape index (κ1) is 17.0. The van der Waals surface area contributed by atoms with Crippen LogP contribution in [-0.4, -0.2) is 31.8 Å². The van der Waals surface area contributed by atoms with Crippen molar-refractivity contribution in [3.05, 3.63) is 79.4 Å². The lowest BCUT2D eigenvalue weighted by atomic mass is 10.1. The molecule has 5 aromatic rings. The molecule has 0 atom stereocenters. The average molecular weight is 382 g/mol. The van der Waals surface area contributed by atoms with Gasteiger partial charge in [-0.15, -0.1) is 0 Å². The van der Waals surface area contributed by atoms with E-state index in [1.54, 1.807) is 19.5 Å². The SMILES string of the molecule is COc1ccc2c(ccn2-c2nccc(Nc3ccc(-c4cn[nH]c4)cc3)n2)c1. The monoisotopic (exact) mass is 382 g/mol. The van der Waals surface area contributed by atoms with Gasteiger partial charge in [0.05, 0.1) is 18.8 Å². The van der Waals surface area contributed by atoms with Gasteiger partial charge in [0.25, 0.3) is 0 Å². The predicted octanol–water partition coefficient (Wildman–Crippen LogP) is 4.56. The van der Waals surface area contributed by atoms with E-state index in [2.05, 4.69) is 25.5 Å². The molecule has 0 saturated heterocycles. The number of H-pyrrole nitrogens is 1. The number of ether oxygens (including phenoxy) is 1. The quantitative estimate of drug-likeness (QED) is 0.466. The average Bonchev–Trinajstić information content (AvgIpc) is 3.44. The summed E-state index contributed by atoms with van der Waals surface area (Å²) < 4.78 is 7.26. The first-order valence-electron chi connectivity index (χ1n) is 9.15. The highest BCUT2D eigenvalue weighted by Crippen LogP contribution is 2.25. The minimum Gasteiger partial charge on any atom is -0.497 e. The van der Waals surface area contributed by atoms with Crippen molar-refractivity contribution < 1.29 is 4.74 Å². The Morgan fingerprint density at radius 1 is 1.00 bits per heavy atom. The Morgan fingerprint density at radius 3 is 2.69 bits per heavy atom. The first-order valence-corrected chi connectivity index (χ1v) is 9.15. The second-order valence-electron chi connectivity index (χ2n) is 6.54. The summed E-state index contributed by atoms with van der Waals surface area (Å²) in [5, 5.41) is 11.2. The fourth-order valence-corrected chi connectivity index (χ4v) is 3.26. The lowest BCUT2D eigenvalue weighted by Crippen LogP contribution is -2.02. The second-order valence-corrected chi connectivity index (χ2v) is 6.54. The Labute approximate surface area is 167 Å². The molecule has 0 amide bonds. The highest BCUT2D eigenvalue weighted by Gasteiger charge is 2.08. The van der Waals surface area contributed by atoms with Crippen molar-refractivity contribution in [1.82, 2.24) is 24.7 Å². The van der Waals surface area contributed by atoms with Crippen molar-refractivity contribution in [3.8, 4) is 22.8 Å². The zero-order valence-corrected chi connectivity index (χ0v) is 15.7. The zero-order valence-electron chi connectivity index (χ0n) is 15.7. The number of hydrogen-bond donors (Lipinski definition) is 2. The Morgan fingerprint density at radius 2 is 1.90 bits per heavy atom. The molecule has 0 aliphatic rings. The van der Waals surface area contributed by atoms with Crippen molar-refractivity contribution in [2.24, 2.45) is 0 Å². The summed E-state index contributed by atoms with van der Waals surface area (Å²) in [7, 11) is 1.66. The number of nitrogens with zero attached hydrogens (tertiary/aromatic N) is 4. The smallest absolute Gasteiger partial charge is 0.236 e. The molecule has 0 spiro atoms. The molecule has 0 unspecified atom stereocenters. The summed E-state index contributed by atoms with van der Waals surface area (Å²) in [6, 6.07) is 17.9. The summed E-state index contributed by atoms with van der Waals surface area (Å²) in [6.45, 7) is 0. The fraction of sp³-hybridized carbons (Fsp3) is 0.0455. The van der Waals surface area contributed by atoms with Gasteiger partial charge in [0, 0.05) is 35.2 Å². The molecule has 142 valence electrons. The molecule has 7 nitrogen and oxygen atoms in total. The van der Waals surface area contributed by atoms with E-state index >= 15 is 0 Å². The Hall–Kier alpha value is -4.13. The maximum Gasteiger partial charge on any atom is 0.236 e. The summed E-state index contributed by atoms with van der Waals surface area (Å²) in [6.07, 6.45) is 7.38. The maximum absolute atomic E-state index is 5.30. The highest BCUT2D eigenvalue weighted by molar-refractivity contribution is 5.83. The standard InChI is InChI=1S/C22H18N6O/c1-29-19-6-7-20-16(12-19)9-11-28(20)22-23-10-8-21(27-22)26-18-4-2-15(3-5-18)17-13-24-25-14-17/h2-14H,1H3,(H,24,25)(H,23,26,27). The lowest BCUT2D eigenvalue weighted by molar-refractivity contribution is 0.415. The summed E-state index contributed by atoms with van der Waals surface area (Å²) in [5.41, 5.74) is 4.12. The topological polar surface area (TPSA) is 80.6 Å². The molecule has 0 aliphatic carbocycles. The van der Waals surface area contributed by atoms with Crippen LogP contribution in [0.4, 0.5) is 11.5 Å². The van der Waals surface area contributed by atoms with E-state index in [1.807, 2.05) is 71.6 Å². The molecule has 3 heterocycles. The lowest BCUT2D eigenvalue weighted by Gasteiger charge is -2.09. The molecule has 3 aromatic heterocycles. The van der Waals surface area contributed by atoms with Gasteiger partial charge < -0.3 is 10.1 Å². The largest absolute Gasteiger partial charge is 0.497 e. The van der Waals surface area contributed by atoms with Crippen molar-refractivity contribution >= 4 is 22.4 Å². The van der Waals surface area contributed by atoms with Crippen LogP contribution in [0.3, 0.4) is 0 Å². The second kappa shape index (κ2) is 7.12. The first-order chi connectivity index (χ1) is 14.3. The zero-order chi connectivity index (χ0) is 19.6. The molecule has 0 aliphatic heterocycles. The van der Waals surface area contributed by atoms with Crippen LogP contribution in [0.2, 0.25) is 0 Å². The minimum absolute atomic E-state index is 0.602. The van der Waals surface area contributed by atoms with Gasteiger partial charge in [0.15, 0.2) is 0 Å². The molecule has 7 heteroatoms. The van der Waals surface area contributed by atoms with Gasteiger partial charge in [0.1, 0.15) is 11.6 Å². The number of nitrogens with one attached hydrogen (secondary N) is 2. The van der Waals surface area contributed by atoms with Crippen molar-refractivity contribution in [1.29, 1.82) is 0 Å². The van der Waals surface area contributed by atoms with Gasteiger partial charge >= 0.3 is 0 Å². The third kappa shape index (κ3) is 3.29. The van der Waals surface area contributed by atoms with E-state index in [-0.39, 0.29) is 0 Å². The number of benzene rings is 2. The fourth-order valence-electron chi connectivity index (χ4n) is 3.26. The summed E-state index contributed by atoms with van der Waals surface area (Å²) >= 11 is 0. The Bertz CT molecular complexity index is 1260. The molecule has 5 rings (SSSR count). The summed E-state index contributed by atoms with van der Waals surface area (Å²) in [4.78, 5) is 9.10. The van der Waals surface area contributed by atoms with Crippen LogP contribution in [-0.2, 0) is 0 Å². The molecular weight excluding hydrogens is 364 g/mol. The van der Waals surface area contributed by atoms with Gasteiger partial charge in [-0.05, 0) is 48.0 Å². The van der Waals surface area contributed by atoms with Crippen molar-refractivity contribution in [3.63, 3.8) is 0 Å². The molecule has 29 heavy (non-hydrogen) atoms. The van der Waals surface area contributed by atoms with Crippen LogP contribution in [0, 0.1) is 0 Å². The van der Waals surface area contributed by atoms with E-state index in [0.29, 0.717) is 5.95 Å². The number of aromatic amines is 1. The Balaban J connectivity index is 1.41. The van der Waals surface area contributed by atoms with Crippen LogP contribution in [0.1, 0.15) is 0 Å². The van der Waals surface area contributed by atoms with E-state index in [9.17, 15) is 0 Å². The van der Waals surface area contributed by atoms with Crippen molar-refractivity contribution in [2.45, 2.75) is 0 Å². The third-order valence-corrected chi connectivity index (χ3v) is 4.74.